The highest BCUT2D eigenvalue weighted by molar-refractivity contribution is 5.83. The first-order valence-corrected chi connectivity index (χ1v) is 5.48. The van der Waals surface area contributed by atoms with Gasteiger partial charge in [-0.25, -0.2) is 9.59 Å². The Morgan fingerprint density at radius 1 is 1.44 bits per heavy atom. The van der Waals surface area contributed by atoms with E-state index in [0.717, 1.165) is 0 Å². The zero-order chi connectivity index (χ0) is 14.1. The molecule has 7 heteroatoms. The highest BCUT2D eigenvalue weighted by Crippen LogP contribution is 1.96. The van der Waals surface area contributed by atoms with E-state index < -0.39 is 18.0 Å². The molecule has 0 bridgehead atoms. The van der Waals surface area contributed by atoms with Crippen LogP contribution in [-0.4, -0.2) is 54.6 Å². The van der Waals surface area contributed by atoms with Gasteiger partial charge < -0.3 is 20.6 Å². The first kappa shape index (κ1) is 16.0. The van der Waals surface area contributed by atoms with Gasteiger partial charge in [-0.05, 0) is 6.42 Å². The van der Waals surface area contributed by atoms with Crippen molar-refractivity contribution < 1.29 is 19.5 Å². The van der Waals surface area contributed by atoms with Crippen molar-refractivity contribution in [3.05, 3.63) is 12.7 Å². The van der Waals surface area contributed by atoms with Gasteiger partial charge in [0.25, 0.3) is 0 Å². The third kappa shape index (κ3) is 5.88. The number of amides is 3. The normalized spacial score (nSPS) is 11.2. The second-order valence-corrected chi connectivity index (χ2v) is 3.71. The Morgan fingerprint density at radius 3 is 2.50 bits per heavy atom. The molecule has 18 heavy (non-hydrogen) atoms. The lowest BCUT2D eigenvalue weighted by Crippen LogP contribution is -2.47. The molecule has 0 spiro atoms. The van der Waals surface area contributed by atoms with Crippen LogP contribution in [0.5, 0.6) is 0 Å². The largest absolute Gasteiger partial charge is 0.480 e. The molecular formula is C11H19N3O4. The van der Waals surface area contributed by atoms with E-state index in [0.29, 0.717) is 0 Å². The Labute approximate surface area is 106 Å². The summed E-state index contributed by atoms with van der Waals surface area (Å²) < 4.78 is 0. The van der Waals surface area contributed by atoms with Crippen LogP contribution in [0.4, 0.5) is 4.79 Å². The van der Waals surface area contributed by atoms with Gasteiger partial charge in [-0.15, -0.1) is 6.58 Å². The molecule has 0 aliphatic rings. The van der Waals surface area contributed by atoms with Gasteiger partial charge in [0, 0.05) is 27.1 Å². The third-order valence-electron chi connectivity index (χ3n) is 2.30. The molecule has 3 N–H and O–H groups in total. The monoisotopic (exact) mass is 257 g/mol. The maximum atomic E-state index is 11.6. The number of carbonyl (C=O) groups is 3. The molecule has 0 aromatic rings. The standard InChI is InChI=1S/C11H19N3O4/c1-4-5-8(10(16)17)13-11(18)14(3)7-6-9(15)12-2/h4,8H,1,5-7H2,2-3H3,(H,12,15)(H,13,18)(H,16,17). The van der Waals surface area contributed by atoms with E-state index in [1.54, 1.807) is 0 Å². The zero-order valence-corrected chi connectivity index (χ0v) is 10.6. The molecule has 0 saturated heterocycles. The van der Waals surface area contributed by atoms with Crippen LogP contribution < -0.4 is 10.6 Å². The van der Waals surface area contributed by atoms with Gasteiger partial charge in [-0.2, -0.15) is 0 Å². The Balaban J connectivity index is 4.24. The van der Waals surface area contributed by atoms with E-state index in [1.807, 2.05) is 0 Å². The van der Waals surface area contributed by atoms with Crippen molar-refractivity contribution in [3.8, 4) is 0 Å². The van der Waals surface area contributed by atoms with Gasteiger partial charge in [0.2, 0.25) is 5.91 Å². The molecule has 0 saturated carbocycles. The van der Waals surface area contributed by atoms with Crippen molar-refractivity contribution in [1.82, 2.24) is 15.5 Å². The molecule has 0 rings (SSSR count). The Morgan fingerprint density at radius 2 is 2.06 bits per heavy atom. The molecule has 0 fully saturated rings. The number of carboxylic acid groups (broad SMARTS) is 1. The van der Waals surface area contributed by atoms with E-state index in [-0.39, 0.29) is 25.3 Å². The summed E-state index contributed by atoms with van der Waals surface area (Å²) in [4.78, 5) is 34.7. The molecule has 0 aliphatic carbocycles. The summed E-state index contributed by atoms with van der Waals surface area (Å²) in [5.74, 6) is -1.31. The van der Waals surface area contributed by atoms with E-state index >= 15 is 0 Å². The SMILES string of the molecule is C=CCC(NC(=O)N(C)CCC(=O)NC)C(=O)O. The molecule has 0 aliphatic heterocycles. The molecule has 1 atom stereocenters. The summed E-state index contributed by atoms with van der Waals surface area (Å²) in [7, 11) is 3.00. The number of aliphatic carboxylic acids is 1. The molecule has 0 aromatic carbocycles. The number of nitrogens with zero attached hydrogens (tertiary/aromatic N) is 1. The van der Waals surface area contributed by atoms with Crippen LogP contribution in [0.15, 0.2) is 12.7 Å². The Bertz CT molecular complexity index is 330. The maximum Gasteiger partial charge on any atom is 0.326 e. The molecular weight excluding hydrogens is 238 g/mol. The molecule has 0 heterocycles. The Kier molecular flexibility index (Phi) is 7.18. The van der Waals surface area contributed by atoms with E-state index in [4.69, 9.17) is 5.11 Å². The van der Waals surface area contributed by atoms with Crippen LogP contribution >= 0.6 is 0 Å². The smallest absolute Gasteiger partial charge is 0.326 e. The van der Waals surface area contributed by atoms with Crippen molar-refractivity contribution in [3.63, 3.8) is 0 Å². The fraction of sp³-hybridized carbons (Fsp3) is 0.545. The number of carboxylic acids is 1. The lowest BCUT2D eigenvalue weighted by molar-refractivity contribution is -0.139. The summed E-state index contributed by atoms with van der Waals surface area (Å²) in [5.41, 5.74) is 0. The Hall–Kier alpha value is -2.05. The van der Waals surface area contributed by atoms with Crippen LogP contribution in [0.1, 0.15) is 12.8 Å². The van der Waals surface area contributed by atoms with Crippen molar-refractivity contribution in [2.45, 2.75) is 18.9 Å². The lowest BCUT2D eigenvalue weighted by Gasteiger charge is -2.20. The molecule has 7 nitrogen and oxygen atoms in total. The van der Waals surface area contributed by atoms with Gasteiger partial charge in [0.15, 0.2) is 0 Å². The first-order chi connectivity index (χ1) is 8.42. The van der Waals surface area contributed by atoms with Crippen LogP contribution in [0.3, 0.4) is 0 Å². The number of hydrogen-bond donors (Lipinski definition) is 3. The summed E-state index contributed by atoms with van der Waals surface area (Å²) >= 11 is 0. The second-order valence-electron chi connectivity index (χ2n) is 3.71. The summed E-state index contributed by atoms with van der Waals surface area (Å²) in [5, 5.41) is 13.6. The fourth-order valence-corrected chi connectivity index (χ4v) is 1.14. The molecule has 0 radical (unpaired) electrons. The predicted octanol–water partition coefficient (Wildman–Crippen LogP) is -0.207. The molecule has 3 amide bonds. The lowest BCUT2D eigenvalue weighted by atomic mass is 10.2. The van der Waals surface area contributed by atoms with Crippen molar-refractivity contribution in [2.24, 2.45) is 0 Å². The van der Waals surface area contributed by atoms with Crippen LogP contribution in [0.2, 0.25) is 0 Å². The average Bonchev–Trinajstić information content (AvgIpc) is 2.34. The van der Waals surface area contributed by atoms with Crippen molar-refractivity contribution in [2.75, 3.05) is 20.6 Å². The fourth-order valence-electron chi connectivity index (χ4n) is 1.14. The molecule has 1 unspecified atom stereocenters. The number of nitrogens with one attached hydrogen (secondary N) is 2. The van der Waals surface area contributed by atoms with Gasteiger partial charge in [0.05, 0.1) is 0 Å². The predicted molar refractivity (Wildman–Crippen MR) is 66.1 cm³/mol. The number of urea groups is 1. The quantitative estimate of drug-likeness (QED) is 0.550. The minimum absolute atomic E-state index is 0.143. The summed E-state index contributed by atoms with van der Waals surface area (Å²) in [6, 6.07) is -1.54. The first-order valence-electron chi connectivity index (χ1n) is 5.48. The van der Waals surface area contributed by atoms with E-state index in [9.17, 15) is 14.4 Å². The van der Waals surface area contributed by atoms with Crippen LogP contribution in [0.25, 0.3) is 0 Å². The van der Waals surface area contributed by atoms with Gasteiger partial charge in [-0.1, -0.05) is 6.08 Å². The highest BCUT2D eigenvalue weighted by atomic mass is 16.4. The number of rotatable bonds is 7. The third-order valence-corrected chi connectivity index (χ3v) is 2.30. The molecule has 0 aromatic heterocycles. The van der Waals surface area contributed by atoms with Crippen LogP contribution in [0, 0.1) is 0 Å². The van der Waals surface area contributed by atoms with Gasteiger partial charge in [0.1, 0.15) is 6.04 Å². The summed E-state index contributed by atoms with van der Waals surface area (Å²) in [6.07, 6.45) is 1.73. The van der Waals surface area contributed by atoms with Gasteiger partial charge >= 0.3 is 12.0 Å². The van der Waals surface area contributed by atoms with Crippen molar-refractivity contribution >= 4 is 17.9 Å². The second kappa shape index (κ2) is 8.10. The maximum absolute atomic E-state index is 11.6. The minimum atomic E-state index is -1.12. The van der Waals surface area contributed by atoms with Gasteiger partial charge in [-0.3, -0.25) is 4.79 Å². The number of carbonyl (C=O) groups excluding carboxylic acids is 2. The van der Waals surface area contributed by atoms with E-state index in [2.05, 4.69) is 17.2 Å². The zero-order valence-electron chi connectivity index (χ0n) is 10.6. The van der Waals surface area contributed by atoms with Crippen molar-refractivity contribution in [1.29, 1.82) is 0 Å². The van der Waals surface area contributed by atoms with E-state index in [1.165, 1.54) is 25.1 Å². The highest BCUT2D eigenvalue weighted by Gasteiger charge is 2.20. The van der Waals surface area contributed by atoms with Crippen LogP contribution in [-0.2, 0) is 9.59 Å². The summed E-state index contributed by atoms with van der Waals surface area (Å²) in [6.45, 7) is 3.64. The number of hydrogen-bond acceptors (Lipinski definition) is 3. The molecule has 102 valence electrons. The minimum Gasteiger partial charge on any atom is -0.480 e. The topological polar surface area (TPSA) is 98.7 Å². The average molecular weight is 257 g/mol.